The first-order valence-corrected chi connectivity index (χ1v) is 14.6. The van der Waals surface area contributed by atoms with Crippen LogP contribution in [0.15, 0.2) is 24.3 Å². The van der Waals surface area contributed by atoms with E-state index in [2.05, 4.69) is 26.1 Å². The highest BCUT2D eigenvalue weighted by Crippen LogP contribution is 2.68. The molecule has 0 radical (unpaired) electrons. The summed E-state index contributed by atoms with van der Waals surface area (Å²) >= 11 is 0. The highest BCUT2D eigenvalue weighted by Gasteiger charge is 2.63. The zero-order chi connectivity index (χ0) is 26.5. The monoisotopic (exact) mass is 510 g/mol. The molecule has 0 heterocycles. The van der Waals surface area contributed by atoms with Crippen molar-refractivity contribution in [2.24, 2.45) is 52.1 Å². The van der Waals surface area contributed by atoms with Crippen molar-refractivity contribution in [2.75, 3.05) is 5.32 Å². The first-order valence-electron chi connectivity index (χ1n) is 14.6. The summed E-state index contributed by atoms with van der Waals surface area (Å²) in [5, 5.41) is 25.0. The number of amides is 2. The number of primary amides is 1. The number of rotatable bonds is 6. The van der Waals surface area contributed by atoms with Crippen molar-refractivity contribution in [3.8, 4) is 0 Å². The summed E-state index contributed by atoms with van der Waals surface area (Å²) in [5.41, 5.74) is 6.56. The topological polar surface area (TPSA) is 113 Å². The van der Waals surface area contributed by atoms with Crippen molar-refractivity contribution in [3.05, 3.63) is 29.8 Å². The second-order valence-corrected chi connectivity index (χ2v) is 13.4. The third kappa shape index (κ3) is 4.63. The van der Waals surface area contributed by atoms with Crippen LogP contribution in [0.3, 0.4) is 0 Å². The minimum Gasteiger partial charge on any atom is -0.393 e. The molecule has 6 heteroatoms. The normalized spacial score (nSPS) is 41.7. The number of nitrogens with one attached hydrogen (secondary N) is 1. The molecule has 10 unspecified atom stereocenters. The van der Waals surface area contributed by atoms with Crippen LogP contribution >= 0.6 is 0 Å². The molecule has 0 aromatic heterocycles. The van der Waals surface area contributed by atoms with Gasteiger partial charge in [0.05, 0.1) is 12.2 Å². The number of carbonyl (C=O) groups excluding carboxylic acids is 2. The maximum Gasteiger partial charge on any atom is 0.248 e. The Morgan fingerprint density at radius 1 is 1.03 bits per heavy atom. The Hall–Kier alpha value is -1.92. The van der Waals surface area contributed by atoms with Crippen molar-refractivity contribution in [3.63, 3.8) is 0 Å². The van der Waals surface area contributed by atoms with Gasteiger partial charge in [-0.25, -0.2) is 0 Å². The number of hydrogen-bond donors (Lipinski definition) is 4. The molecule has 4 aliphatic rings. The average molecular weight is 511 g/mol. The van der Waals surface area contributed by atoms with Crippen LogP contribution in [-0.2, 0) is 4.79 Å². The van der Waals surface area contributed by atoms with Crippen molar-refractivity contribution in [1.82, 2.24) is 0 Å². The lowest BCUT2D eigenvalue weighted by molar-refractivity contribution is -0.174. The SMILES string of the molecule is CC(CCC(=O)Nc1ccc(C(N)=O)cc1)C1CCC2C3CCC4CC(O)CCC4(C)C3CC(O)C12C. The molecule has 5 rings (SSSR count). The fraction of sp³-hybridized carbons (Fsp3) is 0.742. The van der Waals surface area contributed by atoms with E-state index in [1.54, 1.807) is 24.3 Å². The van der Waals surface area contributed by atoms with Gasteiger partial charge in [0.2, 0.25) is 11.8 Å². The third-order valence-corrected chi connectivity index (χ3v) is 11.8. The number of carbonyl (C=O) groups is 2. The van der Waals surface area contributed by atoms with Crippen LogP contribution < -0.4 is 11.1 Å². The third-order valence-electron chi connectivity index (χ3n) is 11.8. The molecule has 4 saturated carbocycles. The van der Waals surface area contributed by atoms with Gasteiger partial charge in [0.1, 0.15) is 0 Å². The summed E-state index contributed by atoms with van der Waals surface area (Å²) < 4.78 is 0. The maximum atomic E-state index is 12.7. The van der Waals surface area contributed by atoms with Crippen molar-refractivity contribution in [2.45, 2.75) is 97.2 Å². The first-order chi connectivity index (χ1) is 17.5. The van der Waals surface area contributed by atoms with Crippen LogP contribution in [0.25, 0.3) is 0 Å². The van der Waals surface area contributed by atoms with Gasteiger partial charge in [-0.1, -0.05) is 20.8 Å². The van der Waals surface area contributed by atoms with E-state index in [1.165, 1.54) is 19.3 Å². The van der Waals surface area contributed by atoms with Crippen molar-refractivity contribution >= 4 is 17.5 Å². The zero-order valence-corrected chi connectivity index (χ0v) is 22.8. The minimum absolute atomic E-state index is 0.0200. The number of benzene rings is 1. The van der Waals surface area contributed by atoms with Crippen molar-refractivity contribution in [1.29, 1.82) is 0 Å². The molecule has 1 aromatic carbocycles. The number of aliphatic hydroxyl groups excluding tert-OH is 2. The van der Waals surface area contributed by atoms with Crippen LogP contribution in [0.4, 0.5) is 5.69 Å². The molecular weight excluding hydrogens is 464 g/mol. The lowest BCUT2D eigenvalue weighted by Gasteiger charge is -2.62. The molecule has 10 atom stereocenters. The lowest BCUT2D eigenvalue weighted by Crippen LogP contribution is -2.58. The highest BCUT2D eigenvalue weighted by atomic mass is 16.3. The summed E-state index contributed by atoms with van der Waals surface area (Å²) in [7, 11) is 0. The Balaban J connectivity index is 1.22. The summed E-state index contributed by atoms with van der Waals surface area (Å²) in [6.45, 7) is 7.09. The van der Waals surface area contributed by atoms with Gasteiger partial charge < -0.3 is 21.3 Å². The molecule has 1 aromatic rings. The Labute approximate surface area is 221 Å². The average Bonchev–Trinajstić information content (AvgIpc) is 3.23. The van der Waals surface area contributed by atoms with E-state index in [0.717, 1.165) is 38.5 Å². The molecule has 37 heavy (non-hydrogen) atoms. The van der Waals surface area contributed by atoms with E-state index in [9.17, 15) is 19.8 Å². The zero-order valence-electron chi connectivity index (χ0n) is 22.8. The van der Waals surface area contributed by atoms with E-state index in [-0.39, 0.29) is 28.9 Å². The van der Waals surface area contributed by atoms with Crippen LogP contribution in [0.1, 0.15) is 95.3 Å². The standard InChI is InChI=1S/C31H46N2O4/c1-18(4-13-28(36)33-21-8-5-19(6-9-21)29(32)37)24-11-12-25-23-10-7-20-16-22(34)14-15-30(20,2)26(23)17-27(35)31(24,25)3/h5-6,8-9,18,20,22-27,34-35H,4,7,10-17H2,1-3H3,(H2,32,37)(H,33,36). The fourth-order valence-corrected chi connectivity index (χ4v) is 9.66. The molecule has 0 aliphatic heterocycles. The number of hydrogen-bond acceptors (Lipinski definition) is 4. The van der Waals surface area contributed by atoms with E-state index >= 15 is 0 Å². The number of anilines is 1. The molecule has 0 bridgehead atoms. The summed E-state index contributed by atoms with van der Waals surface area (Å²) in [6.07, 6.45) is 9.42. The van der Waals surface area contributed by atoms with E-state index in [1.807, 2.05) is 0 Å². The minimum atomic E-state index is -0.481. The Kier molecular flexibility index (Phi) is 7.21. The summed E-state index contributed by atoms with van der Waals surface area (Å²) in [6, 6.07) is 6.67. The molecule has 0 saturated heterocycles. The van der Waals surface area contributed by atoms with Gasteiger partial charge >= 0.3 is 0 Å². The van der Waals surface area contributed by atoms with E-state index in [4.69, 9.17) is 5.73 Å². The molecular formula is C31H46N2O4. The summed E-state index contributed by atoms with van der Waals surface area (Å²) in [4.78, 5) is 24.0. The second kappa shape index (κ2) is 10.00. The number of aliphatic hydroxyl groups is 2. The maximum absolute atomic E-state index is 12.7. The fourth-order valence-electron chi connectivity index (χ4n) is 9.66. The van der Waals surface area contributed by atoms with Crippen LogP contribution in [0, 0.1) is 46.3 Å². The van der Waals surface area contributed by atoms with Gasteiger partial charge in [0.25, 0.3) is 0 Å². The van der Waals surface area contributed by atoms with Gasteiger partial charge in [0.15, 0.2) is 0 Å². The first kappa shape index (κ1) is 26.7. The number of nitrogens with two attached hydrogens (primary N) is 1. The lowest BCUT2D eigenvalue weighted by atomic mass is 9.43. The molecule has 6 nitrogen and oxygen atoms in total. The number of fused-ring (bicyclic) bond motifs is 5. The Morgan fingerprint density at radius 3 is 2.46 bits per heavy atom. The largest absolute Gasteiger partial charge is 0.393 e. The van der Waals surface area contributed by atoms with Gasteiger partial charge in [-0.05, 0) is 128 Å². The van der Waals surface area contributed by atoms with Crippen molar-refractivity contribution < 1.29 is 19.8 Å². The van der Waals surface area contributed by atoms with E-state index < -0.39 is 5.91 Å². The molecule has 0 spiro atoms. The van der Waals surface area contributed by atoms with Crippen LogP contribution in [-0.4, -0.2) is 34.2 Å². The molecule has 4 fully saturated rings. The molecule has 5 N–H and O–H groups in total. The predicted molar refractivity (Wildman–Crippen MR) is 145 cm³/mol. The smallest absolute Gasteiger partial charge is 0.248 e. The second-order valence-electron chi connectivity index (χ2n) is 13.4. The van der Waals surface area contributed by atoms with E-state index in [0.29, 0.717) is 53.2 Å². The van der Waals surface area contributed by atoms with Gasteiger partial charge in [-0.3, -0.25) is 9.59 Å². The molecule has 4 aliphatic carbocycles. The van der Waals surface area contributed by atoms with Crippen LogP contribution in [0.2, 0.25) is 0 Å². The summed E-state index contributed by atoms with van der Waals surface area (Å²) in [5.74, 6) is 2.67. The van der Waals surface area contributed by atoms with Gasteiger partial charge in [-0.2, -0.15) is 0 Å². The van der Waals surface area contributed by atoms with Gasteiger partial charge in [-0.15, -0.1) is 0 Å². The quantitative estimate of drug-likeness (QED) is 0.425. The van der Waals surface area contributed by atoms with Crippen LogP contribution in [0.5, 0.6) is 0 Å². The Bertz CT molecular complexity index is 1010. The highest BCUT2D eigenvalue weighted by molar-refractivity contribution is 5.94. The molecule has 2 amide bonds. The van der Waals surface area contributed by atoms with Gasteiger partial charge in [0, 0.05) is 17.7 Å². The predicted octanol–water partition coefficient (Wildman–Crippen LogP) is 5.13. The Morgan fingerprint density at radius 2 is 1.76 bits per heavy atom. The molecule has 204 valence electrons.